The molecule has 0 spiro atoms. The monoisotopic (exact) mass is 244 g/mol. The van der Waals surface area contributed by atoms with Crippen molar-refractivity contribution in [1.82, 2.24) is 4.90 Å². The third-order valence-electron chi connectivity index (χ3n) is 4.79. The van der Waals surface area contributed by atoms with Crippen molar-refractivity contribution in [3.63, 3.8) is 0 Å². The van der Waals surface area contributed by atoms with Crippen molar-refractivity contribution in [2.75, 3.05) is 12.3 Å². The highest BCUT2D eigenvalue weighted by atomic mass is 15.2. The highest BCUT2D eigenvalue weighted by Crippen LogP contribution is 2.36. The Morgan fingerprint density at radius 3 is 2.61 bits per heavy atom. The minimum atomic E-state index is 0.826. The molecule has 1 heterocycles. The zero-order chi connectivity index (χ0) is 12.4. The van der Waals surface area contributed by atoms with Gasteiger partial charge in [0.1, 0.15) is 0 Å². The van der Waals surface area contributed by atoms with Gasteiger partial charge >= 0.3 is 0 Å². The van der Waals surface area contributed by atoms with Crippen LogP contribution in [-0.4, -0.2) is 17.5 Å². The van der Waals surface area contributed by atoms with E-state index in [4.69, 9.17) is 5.73 Å². The lowest BCUT2D eigenvalue weighted by Gasteiger charge is -2.29. The number of likely N-dealkylation sites (tertiary alicyclic amines) is 1. The minimum absolute atomic E-state index is 0.826. The molecule has 1 unspecified atom stereocenters. The standard InChI is InChI=1S/C16H24N2/c17-15-9-4-3-8-14(15)12-18-11-5-10-16(18)13-6-1-2-7-13/h3-4,8-9,13,16H,1-2,5-7,10-12,17H2. The Kier molecular flexibility index (Phi) is 3.55. The first-order chi connectivity index (χ1) is 8.84. The summed E-state index contributed by atoms with van der Waals surface area (Å²) in [5.74, 6) is 0.956. The summed E-state index contributed by atoms with van der Waals surface area (Å²) < 4.78 is 0. The summed E-state index contributed by atoms with van der Waals surface area (Å²) in [4.78, 5) is 2.68. The molecule has 2 heteroatoms. The van der Waals surface area contributed by atoms with Crippen LogP contribution in [0, 0.1) is 5.92 Å². The first kappa shape index (κ1) is 12.0. The number of nitrogen functional groups attached to an aromatic ring is 1. The summed E-state index contributed by atoms with van der Waals surface area (Å²) in [5, 5.41) is 0. The maximum absolute atomic E-state index is 6.07. The minimum Gasteiger partial charge on any atom is -0.398 e. The van der Waals surface area contributed by atoms with Gasteiger partial charge in [-0.3, -0.25) is 4.90 Å². The van der Waals surface area contributed by atoms with Gasteiger partial charge in [0.15, 0.2) is 0 Å². The fourth-order valence-electron chi connectivity index (χ4n) is 3.82. The molecule has 1 saturated carbocycles. The molecule has 1 atom stereocenters. The molecule has 2 N–H and O–H groups in total. The molecular weight excluding hydrogens is 220 g/mol. The van der Waals surface area contributed by atoms with Gasteiger partial charge < -0.3 is 5.73 Å². The number of benzene rings is 1. The van der Waals surface area contributed by atoms with Crippen LogP contribution < -0.4 is 5.73 Å². The summed E-state index contributed by atoms with van der Waals surface area (Å²) in [6, 6.07) is 9.16. The maximum atomic E-state index is 6.07. The average Bonchev–Trinajstić information content (AvgIpc) is 3.02. The summed E-state index contributed by atoms with van der Waals surface area (Å²) in [5.41, 5.74) is 8.33. The fraction of sp³-hybridized carbons (Fsp3) is 0.625. The van der Waals surface area contributed by atoms with Gasteiger partial charge in [0.2, 0.25) is 0 Å². The second kappa shape index (κ2) is 5.31. The molecule has 1 aromatic rings. The number of hydrogen-bond acceptors (Lipinski definition) is 2. The van der Waals surface area contributed by atoms with Gasteiger partial charge in [-0.05, 0) is 49.8 Å². The molecule has 1 aliphatic carbocycles. The average molecular weight is 244 g/mol. The van der Waals surface area contributed by atoms with E-state index in [9.17, 15) is 0 Å². The van der Waals surface area contributed by atoms with E-state index in [-0.39, 0.29) is 0 Å². The Labute approximate surface area is 110 Å². The summed E-state index contributed by atoms with van der Waals surface area (Å²) >= 11 is 0. The van der Waals surface area contributed by atoms with Crippen LogP contribution in [0.2, 0.25) is 0 Å². The molecular formula is C16H24N2. The van der Waals surface area contributed by atoms with Crippen molar-refractivity contribution in [3.05, 3.63) is 29.8 Å². The third-order valence-corrected chi connectivity index (χ3v) is 4.79. The van der Waals surface area contributed by atoms with E-state index in [0.717, 1.165) is 24.2 Å². The lowest BCUT2D eigenvalue weighted by atomic mass is 9.95. The Bertz CT molecular complexity index is 396. The zero-order valence-corrected chi connectivity index (χ0v) is 11.1. The number of nitrogens with zero attached hydrogens (tertiary/aromatic N) is 1. The Morgan fingerprint density at radius 2 is 1.83 bits per heavy atom. The van der Waals surface area contributed by atoms with Crippen LogP contribution in [0.4, 0.5) is 5.69 Å². The number of anilines is 1. The predicted molar refractivity (Wildman–Crippen MR) is 76.2 cm³/mol. The summed E-state index contributed by atoms with van der Waals surface area (Å²) in [6.07, 6.45) is 8.56. The zero-order valence-electron chi connectivity index (χ0n) is 11.1. The second-order valence-corrected chi connectivity index (χ2v) is 5.92. The van der Waals surface area contributed by atoms with Crippen molar-refractivity contribution in [2.24, 2.45) is 5.92 Å². The fourth-order valence-corrected chi connectivity index (χ4v) is 3.82. The molecule has 1 aliphatic heterocycles. The van der Waals surface area contributed by atoms with Crippen LogP contribution in [0.25, 0.3) is 0 Å². The van der Waals surface area contributed by atoms with E-state index in [1.54, 1.807) is 0 Å². The molecule has 1 saturated heterocycles. The normalized spacial score (nSPS) is 25.9. The maximum Gasteiger partial charge on any atom is 0.0359 e. The molecule has 18 heavy (non-hydrogen) atoms. The molecule has 0 aromatic heterocycles. The van der Waals surface area contributed by atoms with Gasteiger partial charge in [0, 0.05) is 18.3 Å². The predicted octanol–water partition coefficient (Wildman–Crippen LogP) is 3.42. The SMILES string of the molecule is Nc1ccccc1CN1CCCC1C1CCCC1. The van der Waals surface area contributed by atoms with E-state index in [2.05, 4.69) is 17.0 Å². The van der Waals surface area contributed by atoms with Crippen LogP contribution in [0.5, 0.6) is 0 Å². The van der Waals surface area contributed by atoms with Crippen LogP contribution in [0.15, 0.2) is 24.3 Å². The molecule has 98 valence electrons. The first-order valence-corrected chi connectivity index (χ1v) is 7.42. The quantitative estimate of drug-likeness (QED) is 0.825. The van der Waals surface area contributed by atoms with Gasteiger partial charge in [-0.25, -0.2) is 0 Å². The Balaban J connectivity index is 1.69. The van der Waals surface area contributed by atoms with Crippen molar-refractivity contribution in [2.45, 2.75) is 51.1 Å². The van der Waals surface area contributed by atoms with E-state index in [0.29, 0.717) is 0 Å². The van der Waals surface area contributed by atoms with Crippen LogP contribution in [0.1, 0.15) is 44.1 Å². The van der Waals surface area contributed by atoms with Crippen molar-refractivity contribution in [1.29, 1.82) is 0 Å². The largest absolute Gasteiger partial charge is 0.398 e. The van der Waals surface area contributed by atoms with E-state index >= 15 is 0 Å². The third kappa shape index (κ3) is 2.39. The highest BCUT2D eigenvalue weighted by Gasteiger charge is 2.33. The molecule has 2 nitrogen and oxygen atoms in total. The lowest BCUT2D eigenvalue weighted by Crippen LogP contribution is -2.34. The second-order valence-electron chi connectivity index (χ2n) is 5.92. The van der Waals surface area contributed by atoms with Crippen molar-refractivity contribution in [3.8, 4) is 0 Å². The van der Waals surface area contributed by atoms with Gasteiger partial charge in [-0.1, -0.05) is 31.0 Å². The molecule has 0 radical (unpaired) electrons. The molecule has 0 bridgehead atoms. The Morgan fingerprint density at radius 1 is 1.06 bits per heavy atom. The number of nitrogens with two attached hydrogens (primary N) is 1. The lowest BCUT2D eigenvalue weighted by molar-refractivity contribution is 0.183. The number of rotatable bonds is 3. The smallest absolute Gasteiger partial charge is 0.0359 e. The van der Waals surface area contributed by atoms with Gasteiger partial charge in [-0.15, -0.1) is 0 Å². The van der Waals surface area contributed by atoms with E-state index in [1.807, 2.05) is 12.1 Å². The summed E-state index contributed by atoms with van der Waals surface area (Å²) in [7, 11) is 0. The Hall–Kier alpha value is -1.02. The van der Waals surface area contributed by atoms with Gasteiger partial charge in [0.05, 0.1) is 0 Å². The van der Waals surface area contributed by atoms with Crippen LogP contribution in [-0.2, 0) is 6.54 Å². The summed E-state index contributed by atoms with van der Waals surface area (Å²) in [6.45, 7) is 2.31. The van der Waals surface area contributed by atoms with E-state index < -0.39 is 0 Å². The highest BCUT2D eigenvalue weighted by molar-refractivity contribution is 5.46. The molecule has 1 aromatic carbocycles. The van der Waals surface area contributed by atoms with E-state index in [1.165, 1.54) is 50.6 Å². The van der Waals surface area contributed by atoms with Crippen LogP contribution in [0.3, 0.4) is 0 Å². The van der Waals surface area contributed by atoms with Crippen LogP contribution >= 0.6 is 0 Å². The van der Waals surface area contributed by atoms with Gasteiger partial charge in [-0.2, -0.15) is 0 Å². The van der Waals surface area contributed by atoms with Crippen molar-refractivity contribution >= 4 is 5.69 Å². The topological polar surface area (TPSA) is 29.3 Å². The molecule has 2 aliphatic rings. The number of hydrogen-bond donors (Lipinski definition) is 1. The molecule has 0 amide bonds. The number of para-hydroxylation sites is 1. The first-order valence-electron chi connectivity index (χ1n) is 7.42. The van der Waals surface area contributed by atoms with Crippen molar-refractivity contribution < 1.29 is 0 Å². The molecule has 2 fully saturated rings. The van der Waals surface area contributed by atoms with Gasteiger partial charge in [0.25, 0.3) is 0 Å². The molecule has 3 rings (SSSR count).